The Bertz CT molecular complexity index is 903. The van der Waals surface area contributed by atoms with Gasteiger partial charge in [0.1, 0.15) is 11.5 Å². The summed E-state index contributed by atoms with van der Waals surface area (Å²) in [7, 11) is -4.42. The largest absolute Gasteiger partial charge is 0.481 e. The molecule has 0 aliphatic carbocycles. The second-order valence-electron chi connectivity index (χ2n) is 4.41. The number of ether oxygens (including phenoxy) is 1. The lowest BCUT2D eigenvalue weighted by atomic mass is 10.3. The van der Waals surface area contributed by atoms with Crippen LogP contribution in [-0.4, -0.2) is 31.7 Å². The number of hydrazone groups is 1. The number of amides is 1. The number of carbonyl (C=O) groups excluding carboxylic acids is 1. The molecule has 0 saturated heterocycles. The van der Waals surface area contributed by atoms with Gasteiger partial charge in [-0.1, -0.05) is 15.9 Å². The van der Waals surface area contributed by atoms with Gasteiger partial charge in [0.15, 0.2) is 6.61 Å². The van der Waals surface area contributed by atoms with E-state index in [4.69, 9.17) is 13.7 Å². The highest BCUT2D eigenvalue weighted by Gasteiger charge is 2.14. The lowest BCUT2D eigenvalue weighted by Crippen LogP contribution is -2.24. The molecule has 0 aliphatic rings. The van der Waals surface area contributed by atoms with Gasteiger partial charge in [-0.25, -0.2) is 5.43 Å². The molecule has 2 N–H and O–H groups in total. The summed E-state index contributed by atoms with van der Waals surface area (Å²) >= 11 is 9.96. The van der Waals surface area contributed by atoms with E-state index in [0.717, 1.165) is 16.8 Å². The predicted octanol–water partition coefficient (Wildman–Crippen LogP) is 3.34. The summed E-state index contributed by atoms with van der Waals surface area (Å²) in [5.74, 6) is -0.0575. The SMILES string of the molecule is O=C(COc1c(Br)cc(Br)cc1Br)NN=Cc1ccc(S(=O)(=O)O)o1. The third-order valence-electron chi connectivity index (χ3n) is 2.55. The lowest BCUT2D eigenvalue weighted by molar-refractivity contribution is -0.123. The fourth-order valence-electron chi connectivity index (χ4n) is 1.55. The van der Waals surface area contributed by atoms with Crippen molar-refractivity contribution >= 4 is 70.0 Å². The maximum atomic E-state index is 11.7. The summed E-state index contributed by atoms with van der Waals surface area (Å²) in [5.41, 5.74) is 2.19. The number of rotatable bonds is 6. The zero-order chi connectivity index (χ0) is 18.6. The van der Waals surface area contributed by atoms with Gasteiger partial charge >= 0.3 is 10.1 Å². The molecule has 1 aromatic heterocycles. The molecule has 25 heavy (non-hydrogen) atoms. The van der Waals surface area contributed by atoms with Gasteiger partial charge in [-0.05, 0) is 56.1 Å². The number of benzene rings is 1. The van der Waals surface area contributed by atoms with E-state index in [1.807, 2.05) is 0 Å². The average molecular weight is 561 g/mol. The van der Waals surface area contributed by atoms with Crippen molar-refractivity contribution in [3.8, 4) is 5.75 Å². The molecule has 1 heterocycles. The molecule has 134 valence electrons. The van der Waals surface area contributed by atoms with Gasteiger partial charge in [-0.2, -0.15) is 13.5 Å². The molecule has 1 amide bonds. The highest BCUT2D eigenvalue weighted by molar-refractivity contribution is 9.11. The van der Waals surface area contributed by atoms with Crippen LogP contribution in [0.4, 0.5) is 0 Å². The van der Waals surface area contributed by atoms with E-state index in [1.165, 1.54) is 6.07 Å². The predicted molar refractivity (Wildman–Crippen MR) is 99.3 cm³/mol. The van der Waals surface area contributed by atoms with Crippen LogP contribution in [0.5, 0.6) is 5.75 Å². The Hall–Kier alpha value is -1.21. The van der Waals surface area contributed by atoms with Crippen molar-refractivity contribution in [2.75, 3.05) is 6.61 Å². The molecule has 2 aromatic rings. The Kier molecular flexibility index (Phi) is 6.79. The van der Waals surface area contributed by atoms with Gasteiger partial charge in [0.05, 0.1) is 15.2 Å². The number of carbonyl (C=O) groups is 1. The van der Waals surface area contributed by atoms with Gasteiger partial charge in [-0.3, -0.25) is 9.35 Å². The quantitative estimate of drug-likeness (QED) is 0.318. The Morgan fingerprint density at radius 1 is 1.28 bits per heavy atom. The smallest absolute Gasteiger partial charge is 0.328 e. The third-order valence-corrected chi connectivity index (χ3v) is 4.91. The van der Waals surface area contributed by atoms with E-state index in [1.54, 1.807) is 12.1 Å². The Balaban J connectivity index is 1.90. The monoisotopic (exact) mass is 558 g/mol. The Labute approximate surface area is 167 Å². The summed E-state index contributed by atoms with van der Waals surface area (Å²) < 4.78 is 42.8. The molecule has 0 unspecified atom stereocenters. The number of hydrogen-bond donors (Lipinski definition) is 2. The van der Waals surface area contributed by atoms with E-state index in [2.05, 4.69) is 58.3 Å². The highest BCUT2D eigenvalue weighted by Crippen LogP contribution is 2.36. The van der Waals surface area contributed by atoms with Crippen molar-refractivity contribution in [3.05, 3.63) is 43.4 Å². The van der Waals surface area contributed by atoms with Crippen LogP contribution in [0.15, 0.2) is 52.3 Å². The van der Waals surface area contributed by atoms with Gasteiger partial charge in [0.25, 0.3) is 5.91 Å². The first-order valence-corrected chi connectivity index (χ1v) is 10.2. The van der Waals surface area contributed by atoms with E-state index in [9.17, 15) is 13.2 Å². The van der Waals surface area contributed by atoms with Gasteiger partial charge < -0.3 is 9.15 Å². The lowest BCUT2D eigenvalue weighted by Gasteiger charge is -2.09. The van der Waals surface area contributed by atoms with Gasteiger partial charge in [0.2, 0.25) is 5.09 Å². The minimum absolute atomic E-state index is 0.0345. The standard InChI is InChI=1S/C13H9Br3N2O6S/c14-7-3-9(15)13(10(16)4-7)23-6-11(19)18-17-5-8-1-2-12(24-8)25(20,21)22/h1-5H,6H2,(H,18,19)(H,20,21,22). The van der Waals surface area contributed by atoms with E-state index >= 15 is 0 Å². The molecule has 12 heteroatoms. The van der Waals surface area contributed by atoms with Crippen molar-refractivity contribution in [2.45, 2.75) is 5.09 Å². The summed E-state index contributed by atoms with van der Waals surface area (Å²) in [6, 6.07) is 5.86. The fraction of sp³-hybridized carbons (Fsp3) is 0.0769. The van der Waals surface area contributed by atoms with E-state index < -0.39 is 21.1 Å². The number of furan rings is 1. The first-order valence-electron chi connectivity index (χ1n) is 6.33. The maximum Gasteiger partial charge on any atom is 0.328 e. The van der Waals surface area contributed by atoms with Crippen molar-refractivity contribution in [3.63, 3.8) is 0 Å². The second kappa shape index (κ2) is 8.45. The third kappa shape index (κ3) is 5.92. The van der Waals surface area contributed by atoms with Crippen LogP contribution < -0.4 is 10.2 Å². The topological polar surface area (TPSA) is 118 Å². The normalized spacial score (nSPS) is 11.7. The van der Waals surface area contributed by atoms with Crippen LogP contribution in [0.25, 0.3) is 0 Å². The van der Waals surface area contributed by atoms with Crippen LogP contribution in [0.2, 0.25) is 0 Å². The number of hydrogen-bond acceptors (Lipinski definition) is 6. The summed E-state index contributed by atoms with van der Waals surface area (Å²) in [6.45, 7) is -0.301. The van der Waals surface area contributed by atoms with Crippen LogP contribution >= 0.6 is 47.8 Å². The molecule has 0 aliphatic heterocycles. The second-order valence-corrected chi connectivity index (χ2v) is 8.39. The molecule has 0 saturated carbocycles. The van der Waals surface area contributed by atoms with E-state index in [-0.39, 0.29) is 12.4 Å². The first-order chi connectivity index (χ1) is 11.7. The number of halogens is 3. The highest BCUT2D eigenvalue weighted by atomic mass is 79.9. The van der Waals surface area contributed by atoms with Crippen LogP contribution in [0.3, 0.4) is 0 Å². The number of nitrogens with one attached hydrogen (secondary N) is 1. The Morgan fingerprint density at radius 3 is 2.48 bits per heavy atom. The van der Waals surface area contributed by atoms with E-state index in [0.29, 0.717) is 14.7 Å². The van der Waals surface area contributed by atoms with Gasteiger partial charge in [0, 0.05) is 4.47 Å². The Morgan fingerprint density at radius 2 is 1.92 bits per heavy atom. The molecule has 0 bridgehead atoms. The van der Waals surface area contributed by atoms with Crippen LogP contribution in [-0.2, 0) is 14.9 Å². The number of nitrogens with zero attached hydrogens (tertiary/aromatic N) is 1. The fourth-order valence-corrected chi connectivity index (χ4v) is 4.48. The van der Waals surface area contributed by atoms with Crippen molar-refractivity contribution in [2.24, 2.45) is 5.10 Å². The van der Waals surface area contributed by atoms with Crippen molar-refractivity contribution in [1.29, 1.82) is 0 Å². The molecule has 0 fully saturated rings. The molecular formula is C13H9Br3N2O6S. The molecule has 8 nitrogen and oxygen atoms in total. The summed E-state index contributed by atoms with van der Waals surface area (Å²) in [5, 5.41) is 2.99. The van der Waals surface area contributed by atoms with Crippen LogP contribution in [0.1, 0.15) is 5.76 Å². The zero-order valence-corrected chi connectivity index (χ0v) is 17.6. The van der Waals surface area contributed by atoms with Crippen LogP contribution in [0, 0.1) is 0 Å². The van der Waals surface area contributed by atoms with Gasteiger partial charge in [-0.15, -0.1) is 0 Å². The summed E-state index contributed by atoms with van der Waals surface area (Å²) in [6.07, 6.45) is 1.08. The minimum atomic E-state index is -4.42. The molecule has 1 aromatic carbocycles. The molecule has 0 spiro atoms. The molecule has 2 rings (SSSR count). The molecular weight excluding hydrogens is 552 g/mol. The minimum Gasteiger partial charge on any atom is -0.481 e. The first kappa shape index (κ1) is 20.1. The summed E-state index contributed by atoms with van der Waals surface area (Å²) in [4.78, 5) is 11.7. The zero-order valence-electron chi connectivity index (χ0n) is 12.1. The molecule has 0 atom stereocenters. The molecule has 0 radical (unpaired) electrons. The average Bonchev–Trinajstić information content (AvgIpc) is 2.95. The maximum absolute atomic E-state index is 11.7. The van der Waals surface area contributed by atoms with Crippen molar-refractivity contribution in [1.82, 2.24) is 5.43 Å². The van der Waals surface area contributed by atoms with Crippen molar-refractivity contribution < 1.29 is 26.9 Å².